The molecule has 0 saturated heterocycles. The number of methoxy groups -OCH3 is 2. The second-order valence-corrected chi connectivity index (χ2v) is 7.33. The van der Waals surface area contributed by atoms with Gasteiger partial charge in [0.2, 0.25) is 0 Å². The molecule has 1 aliphatic heterocycles. The highest BCUT2D eigenvalue weighted by Gasteiger charge is 2.34. The molecule has 0 bridgehead atoms. The van der Waals surface area contributed by atoms with E-state index in [1.807, 2.05) is 19.1 Å². The summed E-state index contributed by atoms with van der Waals surface area (Å²) in [5.74, 6) is 1.29. The van der Waals surface area contributed by atoms with Crippen LogP contribution < -0.4 is 9.47 Å². The lowest BCUT2D eigenvalue weighted by Gasteiger charge is -2.36. The maximum atomic E-state index is 12.4. The number of nitrogens with zero attached hydrogens (tertiary/aromatic N) is 2. The van der Waals surface area contributed by atoms with Crippen molar-refractivity contribution in [2.75, 3.05) is 34.9 Å². The molecule has 0 amide bonds. The number of fused-ring (bicyclic) bond motifs is 1. The minimum atomic E-state index is -3.43. The zero-order valence-electron chi connectivity index (χ0n) is 13.1. The second-order valence-electron chi connectivity index (χ2n) is 5.23. The number of hydrogen-bond donors (Lipinski definition) is 0. The van der Waals surface area contributed by atoms with Crippen molar-refractivity contribution in [2.24, 2.45) is 0 Å². The molecule has 0 saturated carbocycles. The van der Waals surface area contributed by atoms with Crippen LogP contribution in [0.3, 0.4) is 0 Å². The molecule has 0 spiro atoms. The van der Waals surface area contributed by atoms with Gasteiger partial charge in [-0.3, -0.25) is 0 Å². The maximum absolute atomic E-state index is 12.4. The van der Waals surface area contributed by atoms with Gasteiger partial charge in [-0.1, -0.05) is 0 Å². The molecule has 1 aromatic carbocycles. The van der Waals surface area contributed by atoms with E-state index in [2.05, 4.69) is 0 Å². The highest BCUT2D eigenvalue weighted by molar-refractivity contribution is 7.86. The van der Waals surface area contributed by atoms with E-state index >= 15 is 0 Å². The van der Waals surface area contributed by atoms with Crippen LogP contribution in [0.1, 0.15) is 24.1 Å². The number of rotatable bonds is 4. The lowest BCUT2D eigenvalue weighted by atomic mass is 9.94. The van der Waals surface area contributed by atoms with Gasteiger partial charge in [0.25, 0.3) is 10.2 Å². The zero-order valence-corrected chi connectivity index (χ0v) is 13.9. The van der Waals surface area contributed by atoms with Crippen molar-refractivity contribution < 1.29 is 17.9 Å². The summed E-state index contributed by atoms with van der Waals surface area (Å²) in [6, 6.07) is 3.57. The molecule has 1 aromatic rings. The Balaban J connectivity index is 2.46. The lowest BCUT2D eigenvalue weighted by Crippen LogP contribution is -2.44. The van der Waals surface area contributed by atoms with Gasteiger partial charge < -0.3 is 9.47 Å². The molecular weight excluding hydrogens is 292 g/mol. The van der Waals surface area contributed by atoms with Crippen LogP contribution in [0.4, 0.5) is 0 Å². The summed E-state index contributed by atoms with van der Waals surface area (Å²) in [6.45, 7) is 2.36. The normalized spacial score (nSPS) is 19.4. The van der Waals surface area contributed by atoms with Crippen molar-refractivity contribution in [3.05, 3.63) is 23.3 Å². The molecule has 0 unspecified atom stereocenters. The summed E-state index contributed by atoms with van der Waals surface area (Å²) in [6.07, 6.45) is 0.660. The second kappa shape index (κ2) is 5.82. The molecule has 118 valence electrons. The van der Waals surface area contributed by atoms with Crippen molar-refractivity contribution in [3.63, 3.8) is 0 Å². The quantitative estimate of drug-likeness (QED) is 0.843. The van der Waals surface area contributed by atoms with E-state index in [-0.39, 0.29) is 6.04 Å². The van der Waals surface area contributed by atoms with Crippen molar-refractivity contribution in [1.29, 1.82) is 0 Å². The molecule has 2 rings (SSSR count). The van der Waals surface area contributed by atoms with Crippen molar-refractivity contribution >= 4 is 10.2 Å². The van der Waals surface area contributed by atoms with E-state index in [1.54, 1.807) is 28.3 Å². The van der Waals surface area contributed by atoms with Gasteiger partial charge in [-0.15, -0.1) is 0 Å². The van der Waals surface area contributed by atoms with Crippen LogP contribution in [-0.4, -0.2) is 51.9 Å². The predicted octanol–water partition coefficient (Wildman–Crippen LogP) is 1.43. The monoisotopic (exact) mass is 314 g/mol. The third-order valence-electron chi connectivity index (χ3n) is 3.89. The average Bonchev–Trinajstić information content (AvgIpc) is 2.45. The fourth-order valence-corrected chi connectivity index (χ4v) is 3.90. The highest BCUT2D eigenvalue weighted by atomic mass is 32.2. The first-order valence-corrected chi connectivity index (χ1v) is 8.16. The van der Waals surface area contributed by atoms with Gasteiger partial charge >= 0.3 is 0 Å². The third kappa shape index (κ3) is 2.73. The smallest absolute Gasteiger partial charge is 0.282 e. The van der Waals surface area contributed by atoms with Crippen molar-refractivity contribution in [2.45, 2.75) is 19.4 Å². The van der Waals surface area contributed by atoms with Gasteiger partial charge in [0, 0.05) is 26.7 Å². The third-order valence-corrected chi connectivity index (χ3v) is 5.90. The molecule has 0 fully saturated rings. The summed E-state index contributed by atoms with van der Waals surface area (Å²) < 4.78 is 38.1. The van der Waals surface area contributed by atoms with E-state index in [4.69, 9.17) is 9.47 Å². The van der Waals surface area contributed by atoms with E-state index in [9.17, 15) is 8.42 Å². The molecule has 21 heavy (non-hydrogen) atoms. The molecule has 0 aliphatic carbocycles. The van der Waals surface area contributed by atoms with Crippen molar-refractivity contribution in [3.8, 4) is 11.5 Å². The molecule has 1 atom stereocenters. The molecule has 0 aromatic heterocycles. The van der Waals surface area contributed by atoms with Crippen LogP contribution in [0.2, 0.25) is 0 Å². The van der Waals surface area contributed by atoms with Gasteiger partial charge in [0.15, 0.2) is 11.5 Å². The van der Waals surface area contributed by atoms with Crippen LogP contribution in [-0.2, 0) is 16.6 Å². The molecule has 0 N–H and O–H groups in total. The van der Waals surface area contributed by atoms with Crippen molar-refractivity contribution in [1.82, 2.24) is 8.61 Å². The predicted molar refractivity (Wildman–Crippen MR) is 81.0 cm³/mol. The number of ether oxygens (including phenoxy) is 2. The van der Waals surface area contributed by atoms with E-state index in [1.165, 1.54) is 8.61 Å². The van der Waals surface area contributed by atoms with Crippen LogP contribution in [0, 0.1) is 0 Å². The Morgan fingerprint density at radius 3 is 2.29 bits per heavy atom. The topological polar surface area (TPSA) is 59.1 Å². The Hall–Kier alpha value is -1.31. The van der Waals surface area contributed by atoms with E-state index in [0.29, 0.717) is 24.5 Å². The Morgan fingerprint density at radius 1 is 1.19 bits per heavy atom. The van der Waals surface area contributed by atoms with Gasteiger partial charge in [-0.2, -0.15) is 17.0 Å². The summed E-state index contributed by atoms with van der Waals surface area (Å²) in [5, 5.41) is 0. The first kappa shape index (κ1) is 16.1. The Morgan fingerprint density at radius 2 is 1.76 bits per heavy atom. The van der Waals surface area contributed by atoms with Crippen LogP contribution >= 0.6 is 0 Å². The minimum Gasteiger partial charge on any atom is -0.493 e. The standard InChI is InChI=1S/C14H22N2O4S/c1-10-12-9-14(20-5)13(19-4)8-11(12)6-7-16(10)21(17,18)15(2)3/h8-10H,6-7H2,1-5H3/t10-/m1/s1. The Labute approximate surface area is 126 Å². The number of hydrogen-bond acceptors (Lipinski definition) is 4. The summed E-state index contributed by atoms with van der Waals surface area (Å²) in [5.41, 5.74) is 2.06. The Kier molecular flexibility index (Phi) is 4.46. The fraction of sp³-hybridized carbons (Fsp3) is 0.571. The average molecular weight is 314 g/mol. The largest absolute Gasteiger partial charge is 0.493 e. The van der Waals surface area contributed by atoms with E-state index < -0.39 is 10.2 Å². The minimum absolute atomic E-state index is 0.235. The molecular formula is C14H22N2O4S. The Bertz CT molecular complexity index is 628. The maximum Gasteiger partial charge on any atom is 0.282 e. The van der Waals surface area contributed by atoms with Crippen LogP contribution in [0.15, 0.2) is 12.1 Å². The SMILES string of the molecule is COc1cc2c(cc1OC)[C@@H](C)N(S(=O)(=O)N(C)C)CC2. The molecule has 6 nitrogen and oxygen atoms in total. The van der Waals surface area contributed by atoms with E-state index in [0.717, 1.165) is 11.1 Å². The molecule has 0 radical (unpaired) electrons. The number of benzene rings is 1. The summed E-state index contributed by atoms with van der Waals surface area (Å²) in [4.78, 5) is 0. The first-order chi connectivity index (χ1) is 9.82. The summed E-state index contributed by atoms with van der Waals surface area (Å²) in [7, 11) is 2.84. The molecule has 1 aliphatic rings. The van der Waals surface area contributed by atoms with Gasteiger partial charge in [0.05, 0.1) is 14.2 Å². The lowest BCUT2D eigenvalue weighted by molar-refractivity contribution is 0.300. The van der Waals surface area contributed by atoms with Crippen LogP contribution in [0.5, 0.6) is 11.5 Å². The van der Waals surface area contributed by atoms with Gasteiger partial charge in [0.1, 0.15) is 0 Å². The van der Waals surface area contributed by atoms with Crippen LogP contribution in [0.25, 0.3) is 0 Å². The van der Waals surface area contributed by atoms with Gasteiger partial charge in [-0.25, -0.2) is 0 Å². The first-order valence-electron chi connectivity index (χ1n) is 6.77. The molecule has 1 heterocycles. The summed E-state index contributed by atoms with van der Waals surface area (Å²) >= 11 is 0. The fourth-order valence-electron chi connectivity index (χ4n) is 2.65. The molecule has 7 heteroatoms. The zero-order chi connectivity index (χ0) is 15.8. The van der Waals surface area contributed by atoms with Gasteiger partial charge in [-0.05, 0) is 36.6 Å². The highest BCUT2D eigenvalue weighted by Crippen LogP contribution is 2.38.